The van der Waals surface area contributed by atoms with Crippen LogP contribution in [0.25, 0.3) is 0 Å². The molecule has 174 valence electrons. The molecule has 1 aliphatic heterocycles. The molecule has 0 radical (unpaired) electrons. The van der Waals surface area contributed by atoms with Crippen molar-refractivity contribution in [3.8, 4) is 5.75 Å². The molecule has 0 amide bonds. The zero-order valence-corrected chi connectivity index (χ0v) is 19.0. The van der Waals surface area contributed by atoms with Gasteiger partial charge < -0.3 is 4.74 Å². The Morgan fingerprint density at radius 2 is 1.50 bits per heavy atom. The van der Waals surface area contributed by atoms with E-state index in [1.807, 2.05) is 6.92 Å². The summed E-state index contributed by atoms with van der Waals surface area (Å²) in [5.74, 6) is -3.13. The predicted molar refractivity (Wildman–Crippen MR) is 118 cm³/mol. The fraction of sp³-hybridized carbons (Fsp3) is 0.556. The maximum atomic E-state index is 15.1. The molecular weight excluding hydrogens is 416 g/mol. The van der Waals surface area contributed by atoms with Crippen molar-refractivity contribution in [2.45, 2.75) is 90.1 Å². The van der Waals surface area contributed by atoms with Crippen LogP contribution >= 0.6 is 0 Å². The molecule has 1 saturated carbocycles. The SMILES string of the molecule is CCCc1cc2c(c(F)c1F)OC(c1ccc(C3CCC(CCC)CC3)c(F)c1F)CC2. The maximum absolute atomic E-state index is 15.1. The molecule has 0 saturated heterocycles. The summed E-state index contributed by atoms with van der Waals surface area (Å²) in [6, 6.07) is 4.88. The third-order valence-electron chi connectivity index (χ3n) is 7.24. The third kappa shape index (κ3) is 4.40. The van der Waals surface area contributed by atoms with Crippen molar-refractivity contribution in [1.29, 1.82) is 0 Å². The van der Waals surface area contributed by atoms with E-state index in [1.165, 1.54) is 6.42 Å². The lowest BCUT2D eigenvalue weighted by molar-refractivity contribution is 0.160. The lowest BCUT2D eigenvalue weighted by Gasteiger charge is -2.30. The molecule has 0 spiro atoms. The van der Waals surface area contributed by atoms with E-state index >= 15 is 8.78 Å². The summed E-state index contributed by atoms with van der Waals surface area (Å²) in [7, 11) is 0. The van der Waals surface area contributed by atoms with Crippen molar-refractivity contribution >= 4 is 0 Å². The Labute approximate surface area is 188 Å². The van der Waals surface area contributed by atoms with E-state index in [0.29, 0.717) is 48.3 Å². The minimum Gasteiger partial charge on any atom is -0.482 e. The lowest BCUT2D eigenvalue weighted by Crippen LogP contribution is -2.20. The van der Waals surface area contributed by atoms with Crippen LogP contribution in [-0.4, -0.2) is 0 Å². The van der Waals surface area contributed by atoms with Crippen molar-refractivity contribution in [2.24, 2.45) is 5.92 Å². The van der Waals surface area contributed by atoms with Crippen LogP contribution in [0.4, 0.5) is 17.6 Å². The highest BCUT2D eigenvalue weighted by atomic mass is 19.2. The van der Waals surface area contributed by atoms with Crippen LogP contribution in [0.15, 0.2) is 18.2 Å². The molecule has 1 atom stereocenters. The Morgan fingerprint density at radius 1 is 0.812 bits per heavy atom. The first kappa shape index (κ1) is 23.1. The quantitative estimate of drug-likeness (QED) is 0.404. The predicted octanol–water partition coefficient (Wildman–Crippen LogP) is 8.34. The van der Waals surface area contributed by atoms with Crippen molar-refractivity contribution in [2.75, 3.05) is 0 Å². The number of halogens is 4. The van der Waals surface area contributed by atoms with Gasteiger partial charge in [0.05, 0.1) is 0 Å². The van der Waals surface area contributed by atoms with Gasteiger partial charge in [0.1, 0.15) is 6.10 Å². The standard InChI is InChI=1S/C27H32F4O/c1-3-5-16-7-9-17(10-8-16)20-12-13-21(25(30)24(20)29)22-14-11-19-15-18(6-4-2)23(28)26(31)27(19)32-22/h12-13,15-17,22H,3-11,14H2,1-2H3. The number of benzene rings is 2. The molecule has 2 aromatic rings. The normalized spacial score (nSPS) is 23.0. The fourth-order valence-electron chi connectivity index (χ4n) is 5.51. The van der Waals surface area contributed by atoms with E-state index < -0.39 is 29.4 Å². The van der Waals surface area contributed by atoms with Gasteiger partial charge in [0.2, 0.25) is 5.82 Å². The van der Waals surface area contributed by atoms with Gasteiger partial charge in [-0.05, 0) is 79.5 Å². The Hall–Kier alpha value is -2.04. The molecule has 32 heavy (non-hydrogen) atoms. The highest BCUT2D eigenvalue weighted by Crippen LogP contribution is 2.42. The molecule has 0 N–H and O–H groups in total. The molecule has 1 unspecified atom stereocenters. The number of fused-ring (bicyclic) bond motifs is 1. The fourth-order valence-corrected chi connectivity index (χ4v) is 5.51. The summed E-state index contributed by atoms with van der Waals surface area (Å²) >= 11 is 0. The van der Waals surface area contributed by atoms with Gasteiger partial charge in [-0.25, -0.2) is 13.2 Å². The topological polar surface area (TPSA) is 9.23 Å². The third-order valence-corrected chi connectivity index (χ3v) is 7.24. The lowest BCUT2D eigenvalue weighted by atomic mass is 9.77. The van der Waals surface area contributed by atoms with Crippen LogP contribution < -0.4 is 4.74 Å². The average Bonchev–Trinajstić information content (AvgIpc) is 2.80. The van der Waals surface area contributed by atoms with Crippen LogP contribution in [-0.2, 0) is 12.8 Å². The zero-order valence-electron chi connectivity index (χ0n) is 19.0. The monoisotopic (exact) mass is 448 g/mol. The van der Waals surface area contributed by atoms with Gasteiger partial charge in [-0.3, -0.25) is 0 Å². The van der Waals surface area contributed by atoms with Crippen molar-refractivity contribution in [3.63, 3.8) is 0 Å². The number of rotatable bonds is 6. The summed E-state index contributed by atoms with van der Waals surface area (Å²) in [4.78, 5) is 0. The zero-order chi connectivity index (χ0) is 22.8. The average molecular weight is 449 g/mol. The summed E-state index contributed by atoms with van der Waals surface area (Å²) in [6.45, 7) is 4.08. The van der Waals surface area contributed by atoms with Crippen molar-refractivity contribution in [3.05, 3.63) is 63.7 Å². The largest absolute Gasteiger partial charge is 0.482 e. The van der Waals surface area contributed by atoms with Gasteiger partial charge in [-0.1, -0.05) is 45.2 Å². The van der Waals surface area contributed by atoms with E-state index in [4.69, 9.17) is 4.74 Å². The second-order valence-corrected chi connectivity index (χ2v) is 9.43. The first-order valence-corrected chi connectivity index (χ1v) is 12.1. The molecule has 0 bridgehead atoms. The van der Waals surface area contributed by atoms with Crippen LogP contribution in [0, 0.1) is 29.2 Å². The number of aryl methyl sites for hydroxylation is 2. The maximum Gasteiger partial charge on any atom is 0.201 e. The van der Waals surface area contributed by atoms with E-state index in [9.17, 15) is 8.78 Å². The van der Waals surface area contributed by atoms with Gasteiger partial charge in [-0.15, -0.1) is 0 Å². The first-order chi connectivity index (χ1) is 15.4. The summed E-state index contributed by atoms with van der Waals surface area (Å²) in [5, 5.41) is 0. The van der Waals surface area contributed by atoms with Crippen LogP contribution in [0.3, 0.4) is 0 Å². The Kier molecular flexibility index (Phi) is 7.11. The summed E-state index contributed by atoms with van der Waals surface area (Å²) in [5.41, 5.74) is 1.43. The van der Waals surface area contributed by atoms with Gasteiger partial charge in [-0.2, -0.15) is 4.39 Å². The second kappa shape index (κ2) is 9.84. The molecule has 4 rings (SSSR count). The van der Waals surface area contributed by atoms with Crippen LogP contribution in [0.1, 0.15) is 99.5 Å². The molecule has 5 heteroatoms. The minimum absolute atomic E-state index is 0.0307. The number of hydrogen-bond donors (Lipinski definition) is 0. The van der Waals surface area contributed by atoms with Gasteiger partial charge in [0.25, 0.3) is 0 Å². The minimum atomic E-state index is -1.03. The van der Waals surface area contributed by atoms with Gasteiger partial charge in [0, 0.05) is 5.56 Å². The van der Waals surface area contributed by atoms with E-state index in [1.54, 1.807) is 18.2 Å². The molecule has 1 fully saturated rings. The molecule has 1 aliphatic carbocycles. The summed E-state index contributed by atoms with van der Waals surface area (Å²) < 4.78 is 64.9. The Bertz CT molecular complexity index is 963. The number of hydrogen-bond acceptors (Lipinski definition) is 1. The highest BCUT2D eigenvalue weighted by Gasteiger charge is 2.32. The van der Waals surface area contributed by atoms with E-state index in [2.05, 4.69) is 6.92 Å². The summed E-state index contributed by atoms with van der Waals surface area (Å²) in [6.07, 6.45) is 7.33. The molecule has 1 nitrogen and oxygen atoms in total. The van der Waals surface area contributed by atoms with E-state index in [0.717, 1.165) is 32.1 Å². The molecule has 0 aromatic heterocycles. The smallest absolute Gasteiger partial charge is 0.201 e. The van der Waals surface area contributed by atoms with E-state index in [-0.39, 0.29) is 17.2 Å². The Morgan fingerprint density at radius 3 is 2.19 bits per heavy atom. The van der Waals surface area contributed by atoms with Crippen molar-refractivity contribution in [1.82, 2.24) is 0 Å². The van der Waals surface area contributed by atoms with Gasteiger partial charge in [0.15, 0.2) is 23.2 Å². The second-order valence-electron chi connectivity index (χ2n) is 9.43. The van der Waals surface area contributed by atoms with Crippen molar-refractivity contribution < 1.29 is 22.3 Å². The molecule has 1 heterocycles. The van der Waals surface area contributed by atoms with Crippen LogP contribution in [0.2, 0.25) is 0 Å². The first-order valence-electron chi connectivity index (χ1n) is 12.1. The molecule has 2 aliphatic rings. The van der Waals surface area contributed by atoms with Crippen LogP contribution in [0.5, 0.6) is 5.75 Å². The Balaban J connectivity index is 1.55. The molecule has 2 aromatic carbocycles. The highest BCUT2D eigenvalue weighted by molar-refractivity contribution is 5.43. The molecular formula is C27H32F4O. The van der Waals surface area contributed by atoms with Gasteiger partial charge >= 0.3 is 0 Å². The number of ether oxygens (including phenoxy) is 1.